The molecule has 0 radical (unpaired) electrons. The van der Waals surface area contributed by atoms with Crippen LogP contribution in [0.15, 0.2) is 0 Å². The number of carbonyl (C=O) groups excluding carboxylic acids is 3. The van der Waals surface area contributed by atoms with Crippen molar-refractivity contribution < 1.29 is 33.3 Å². The Balaban J connectivity index is 2.78. The van der Waals surface area contributed by atoms with Gasteiger partial charge in [0.2, 0.25) is 0 Å². The molecular formula is C11H16O7. The number of hydrogen-bond acceptors (Lipinski definition) is 7. The average molecular weight is 260 g/mol. The van der Waals surface area contributed by atoms with Gasteiger partial charge in [0.1, 0.15) is 0 Å². The van der Waals surface area contributed by atoms with E-state index in [9.17, 15) is 14.4 Å². The van der Waals surface area contributed by atoms with Crippen molar-refractivity contribution in [1.82, 2.24) is 0 Å². The van der Waals surface area contributed by atoms with Crippen molar-refractivity contribution >= 4 is 17.9 Å². The van der Waals surface area contributed by atoms with E-state index in [2.05, 4.69) is 0 Å². The zero-order valence-electron chi connectivity index (χ0n) is 10.5. The largest absolute Gasteiger partial charge is 0.456 e. The van der Waals surface area contributed by atoms with Crippen LogP contribution in [-0.2, 0) is 33.3 Å². The summed E-state index contributed by atoms with van der Waals surface area (Å²) >= 11 is 0. The molecule has 1 rings (SSSR count). The van der Waals surface area contributed by atoms with Crippen LogP contribution in [-0.4, -0.2) is 49.4 Å². The van der Waals surface area contributed by atoms with Crippen LogP contribution in [0.25, 0.3) is 0 Å². The topological polar surface area (TPSA) is 88.1 Å². The summed E-state index contributed by atoms with van der Waals surface area (Å²) in [6.07, 6.45) is -2.39. The Hall–Kier alpha value is -1.63. The quantitative estimate of drug-likeness (QED) is 0.513. The van der Waals surface area contributed by atoms with E-state index in [1.54, 1.807) is 0 Å². The number of ether oxygens (including phenoxy) is 4. The van der Waals surface area contributed by atoms with Crippen LogP contribution in [0, 0.1) is 0 Å². The third-order valence-electron chi connectivity index (χ3n) is 2.23. The first-order chi connectivity index (χ1) is 8.40. The van der Waals surface area contributed by atoms with Crippen molar-refractivity contribution in [1.29, 1.82) is 0 Å². The molecule has 1 heterocycles. The van der Waals surface area contributed by atoms with Crippen molar-refractivity contribution in [3.8, 4) is 0 Å². The van der Waals surface area contributed by atoms with E-state index < -0.39 is 36.2 Å². The Morgan fingerprint density at radius 3 is 1.56 bits per heavy atom. The number of rotatable bonds is 3. The lowest BCUT2D eigenvalue weighted by molar-refractivity contribution is -0.208. The molecule has 1 fully saturated rings. The molecule has 0 N–H and O–H groups in total. The molecule has 2 atom stereocenters. The second kappa shape index (κ2) is 6.34. The van der Waals surface area contributed by atoms with Crippen molar-refractivity contribution in [2.75, 3.05) is 13.2 Å². The highest BCUT2D eigenvalue weighted by Gasteiger charge is 2.40. The lowest BCUT2D eigenvalue weighted by Gasteiger charge is -2.35. The molecule has 0 amide bonds. The van der Waals surface area contributed by atoms with Crippen molar-refractivity contribution in [3.63, 3.8) is 0 Å². The van der Waals surface area contributed by atoms with E-state index in [4.69, 9.17) is 18.9 Å². The molecule has 0 unspecified atom stereocenters. The minimum Gasteiger partial charge on any atom is -0.456 e. The summed E-state index contributed by atoms with van der Waals surface area (Å²) in [5, 5.41) is 0. The molecule has 0 aromatic heterocycles. The van der Waals surface area contributed by atoms with Crippen molar-refractivity contribution in [2.45, 2.75) is 39.1 Å². The van der Waals surface area contributed by atoms with Crippen LogP contribution < -0.4 is 0 Å². The predicted octanol–water partition coefficient (Wildman–Crippen LogP) is -0.188. The second-order valence-electron chi connectivity index (χ2n) is 3.91. The fourth-order valence-corrected chi connectivity index (χ4v) is 1.70. The molecule has 0 bridgehead atoms. The van der Waals surface area contributed by atoms with Crippen LogP contribution in [0.4, 0.5) is 0 Å². The normalized spacial score (nSPS) is 24.2. The summed E-state index contributed by atoms with van der Waals surface area (Å²) in [6, 6.07) is 0. The SMILES string of the molecule is CC(=O)OC1[C@@H](OC(C)=O)COC[C@@H]1OC(C)=O. The van der Waals surface area contributed by atoms with Gasteiger partial charge in [-0.2, -0.15) is 0 Å². The van der Waals surface area contributed by atoms with Gasteiger partial charge < -0.3 is 18.9 Å². The maximum Gasteiger partial charge on any atom is 0.303 e. The average Bonchev–Trinajstić information content (AvgIpc) is 2.20. The Morgan fingerprint density at radius 1 is 0.833 bits per heavy atom. The molecule has 1 aliphatic rings. The number of hydrogen-bond donors (Lipinski definition) is 0. The molecule has 0 aromatic carbocycles. The Labute approximate surface area is 104 Å². The Kier molecular flexibility index (Phi) is 5.08. The molecule has 18 heavy (non-hydrogen) atoms. The molecule has 7 heteroatoms. The zero-order chi connectivity index (χ0) is 13.7. The van der Waals surface area contributed by atoms with E-state index in [0.29, 0.717) is 0 Å². The first kappa shape index (κ1) is 14.4. The summed E-state index contributed by atoms with van der Waals surface area (Å²) < 4.78 is 20.2. The van der Waals surface area contributed by atoms with E-state index >= 15 is 0 Å². The van der Waals surface area contributed by atoms with Gasteiger partial charge in [-0.3, -0.25) is 14.4 Å². The second-order valence-corrected chi connectivity index (χ2v) is 3.91. The van der Waals surface area contributed by atoms with Crippen molar-refractivity contribution in [2.24, 2.45) is 0 Å². The van der Waals surface area contributed by atoms with Crippen LogP contribution in [0.1, 0.15) is 20.8 Å². The lowest BCUT2D eigenvalue weighted by atomic mass is 10.1. The third-order valence-corrected chi connectivity index (χ3v) is 2.23. The Bertz CT molecular complexity index is 314. The van der Waals surface area contributed by atoms with E-state index in [-0.39, 0.29) is 13.2 Å². The van der Waals surface area contributed by atoms with Crippen molar-refractivity contribution in [3.05, 3.63) is 0 Å². The highest BCUT2D eigenvalue weighted by Crippen LogP contribution is 2.19. The highest BCUT2D eigenvalue weighted by molar-refractivity contribution is 5.68. The fourth-order valence-electron chi connectivity index (χ4n) is 1.70. The van der Waals surface area contributed by atoms with E-state index in [0.717, 1.165) is 0 Å². The molecular weight excluding hydrogens is 244 g/mol. The van der Waals surface area contributed by atoms with Gasteiger partial charge in [-0.1, -0.05) is 0 Å². The number of esters is 3. The third kappa shape index (κ3) is 4.33. The van der Waals surface area contributed by atoms with Gasteiger partial charge in [0.05, 0.1) is 13.2 Å². The van der Waals surface area contributed by atoms with Gasteiger partial charge in [0.25, 0.3) is 0 Å². The van der Waals surface area contributed by atoms with Crippen LogP contribution in [0.5, 0.6) is 0 Å². The molecule has 0 spiro atoms. The monoisotopic (exact) mass is 260 g/mol. The van der Waals surface area contributed by atoms with Crippen LogP contribution in [0.3, 0.4) is 0 Å². The highest BCUT2D eigenvalue weighted by atomic mass is 16.6. The smallest absolute Gasteiger partial charge is 0.303 e. The van der Waals surface area contributed by atoms with E-state index in [1.165, 1.54) is 20.8 Å². The fraction of sp³-hybridized carbons (Fsp3) is 0.727. The molecule has 0 aliphatic carbocycles. The first-order valence-corrected chi connectivity index (χ1v) is 5.49. The first-order valence-electron chi connectivity index (χ1n) is 5.49. The predicted molar refractivity (Wildman–Crippen MR) is 57.5 cm³/mol. The molecule has 1 saturated heterocycles. The van der Waals surface area contributed by atoms with Crippen LogP contribution in [0.2, 0.25) is 0 Å². The van der Waals surface area contributed by atoms with Gasteiger partial charge >= 0.3 is 17.9 Å². The molecule has 0 aromatic rings. The lowest BCUT2D eigenvalue weighted by Crippen LogP contribution is -2.53. The molecule has 102 valence electrons. The summed E-state index contributed by atoms with van der Waals surface area (Å²) in [5.41, 5.74) is 0. The molecule has 7 nitrogen and oxygen atoms in total. The zero-order valence-corrected chi connectivity index (χ0v) is 10.5. The minimum atomic E-state index is -0.843. The van der Waals surface area contributed by atoms with Crippen LogP contribution >= 0.6 is 0 Å². The van der Waals surface area contributed by atoms with Gasteiger partial charge in [-0.25, -0.2) is 0 Å². The van der Waals surface area contributed by atoms with Gasteiger partial charge in [0, 0.05) is 20.8 Å². The van der Waals surface area contributed by atoms with Gasteiger partial charge in [-0.15, -0.1) is 0 Å². The number of carbonyl (C=O) groups is 3. The summed E-state index contributed by atoms with van der Waals surface area (Å²) in [4.78, 5) is 32.9. The summed E-state index contributed by atoms with van der Waals surface area (Å²) in [6.45, 7) is 3.89. The minimum absolute atomic E-state index is 0.0926. The summed E-state index contributed by atoms with van der Waals surface area (Å²) in [7, 11) is 0. The van der Waals surface area contributed by atoms with Gasteiger partial charge in [0.15, 0.2) is 18.3 Å². The summed E-state index contributed by atoms with van der Waals surface area (Å²) in [5.74, 6) is -1.59. The standard InChI is InChI=1S/C11H16O7/c1-6(12)16-9-4-15-5-10(17-7(2)13)11(9)18-8(3)14/h9-11H,4-5H2,1-3H3/t9-,10-/m0/s1. The maximum absolute atomic E-state index is 11.0. The maximum atomic E-state index is 11.0. The Morgan fingerprint density at radius 2 is 1.22 bits per heavy atom. The van der Waals surface area contributed by atoms with E-state index in [1.807, 2.05) is 0 Å². The molecule has 0 saturated carbocycles. The van der Waals surface area contributed by atoms with Gasteiger partial charge in [-0.05, 0) is 0 Å². The molecule has 1 aliphatic heterocycles.